The van der Waals surface area contributed by atoms with Crippen molar-refractivity contribution in [3.63, 3.8) is 0 Å². The highest BCUT2D eigenvalue weighted by molar-refractivity contribution is 8.00. The SMILES string of the molecule is COc1ccc(-c2csc(NC(=O)CSc3cccc(NC(=O)/C(=C/c4ccc(F)cc4)NC(=O)c4ccccc4)c3)n2)cc1. The molecule has 0 spiro atoms. The third-order valence-electron chi connectivity index (χ3n) is 6.31. The number of nitrogens with one attached hydrogen (secondary N) is 3. The van der Waals surface area contributed by atoms with Crippen molar-refractivity contribution in [2.75, 3.05) is 23.5 Å². The quantitative estimate of drug-likeness (QED) is 0.105. The van der Waals surface area contributed by atoms with E-state index in [9.17, 15) is 18.8 Å². The summed E-state index contributed by atoms with van der Waals surface area (Å²) in [6.07, 6.45) is 1.47. The summed E-state index contributed by atoms with van der Waals surface area (Å²) in [7, 11) is 1.61. The molecule has 11 heteroatoms. The number of benzene rings is 4. The molecule has 1 heterocycles. The number of amides is 3. The maximum Gasteiger partial charge on any atom is 0.272 e. The van der Waals surface area contributed by atoms with Gasteiger partial charge >= 0.3 is 0 Å². The molecule has 5 aromatic rings. The average Bonchev–Trinajstić information content (AvgIpc) is 3.53. The van der Waals surface area contributed by atoms with E-state index >= 15 is 0 Å². The number of thiazole rings is 1. The molecule has 8 nitrogen and oxygen atoms in total. The Labute approximate surface area is 267 Å². The van der Waals surface area contributed by atoms with Crippen molar-refractivity contribution in [3.8, 4) is 17.0 Å². The summed E-state index contributed by atoms with van der Waals surface area (Å²) in [6, 6.07) is 28.6. The van der Waals surface area contributed by atoms with Crippen molar-refractivity contribution in [2.45, 2.75) is 4.90 Å². The maximum atomic E-state index is 13.4. The van der Waals surface area contributed by atoms with Gasteiger partial charge in [0.1, 0.15) is 17.3 Å². The van der Waals surface area contributed by atoms with Crippen LogP contribution in [0, 0.1) is 5.82 Å². The topological polar surface area (TPSA) is 109 Å². The summed E-state index contributed by atoms with van der Waals surface area (Å²) >= 11 is 2.63. The van der Waals surface area contributed by atoms with Gasteiger partial charge in [-0.3, -0.25) is 14.4 Å². The predicted molar refractivity (Wildman–Crippen MR) is 177 cm³/mol. The van der Waals surface area contributed by atoms with E-state index in [1.165, 1.54) is 53.4 Å². The Morgan fingerprint density at radius 3 is 2.40 bits per heavy atom. The molecule has 0 aliphatic carbocycles. The van der Waals surface area contributed by atoms with Gasteiger partial charge in [0.05, 0.1) is 18.6 Å². The Balaban J connectivity index is 1.21. The molecule has 45 heavy (non-hydrogen) atoms. The number of anilines is 2. The van der Waals surface area contributed by atoms with Crippen molar-refractivity contribution >= 4 is 57.7 Å². The molecule has 0 aliphatic heterocycles. The first-order valence-electron chi connectivity index (χ1n) is 13.6. The zero-order valence-corrected chi connectivity index (χ0v) is 25.6. The standard InChI is InChI=1S/C34H27FN4O4S2/c1-43-27-16-12-23(13-17-27)30-20-45-34(38-30)39-31(40)21-44-28-9-5-8-26(19-28)36-33(42)29(18-22-10-14-25(35)15-11-22)37-32(41)24-6-3-2-4-7-24/h2-20H,21H2,1H3,(H,36,42)(H,37,41)(H,38,39,40)/b29-18-. The number of ether oxygens (including phenoxy) is 1. The smallest absolute Gasteiger partial charge is 0.272 e. The van der Waals surface area contributed by atoms with Gasteiger partial charge < -0.3 is 20.7 Å². The van der Waals surface area contributed by atoms with Crippen LogP contribution in [0.25, 0.3) is 17.3 Å². The Bertz CT molecular complexity index is 1830. The van der Waals surface area contributed by atoms with Crippen molar-refractivity contribution < 1.29 is 23.5 Å². The van der Waals surface area contributed by atoms with E-state index in [4.69, 9.17) is 4.74 Å². The van der Waals surface area contributed by atoms with Gasteiger partial charge in [-0.2, -0.15) is 0 Å². The summed E-state index contributed by atoms with van der Waals surface area (Å²) in [6.45, 7) is 0. The number of aromatic nitrogens is 1. The first kappa shape index (κ1) is 31.2. The average molecular weight is 639 g/mol. The van der Waals surface area contributed by atoms with Crippen LogP contribution in [0.1, 0.15) is 15.9 Å². The number of carbonyl (C=O) groups excluding carboxylic acids is 3. The second kappa shape index (κ2) is 15.0. The fourth-order valence-electron chi connectivity index (χ4n) is 4.06. The Kier molecular flexibility index (Phi) is 10.4. The monoisotopic (exact) mass is 638 g/mol. The Morgan fingerprint density at radius 1 is 0.911 bits per heavy atom. The number of rotatable bonds is 11. The predicted octanol–water partition coefficient (Wildman–Crippen LogP) is 7.10. The van der Waals surface area contributed by atoms with Gasteiger partial charge in [-0.15, -0.1) is 23.1 Å². The number of hydrogen-bond acceptors (Lipinski definition) is 7. The summed E-state index contributed by atoms with van der Waals surface area (Å²) in [5, 5.41) is 10.6. The summed E-state index contributed by atoms with van der Waals surface area (Å²) in [5.41, 5.74) is 3.01. The van der Waals surface area contributed by atoms with E-state index in [-0.39, 0.29) is 17.4 Å². The lowest BCUT2D eigenvalue weighted by molar-refractivity contribution is -0.114. The molecule has 0 saturated carbocycles. The maximum absolute atomic E-state index is 13.4. The molecular formula is C34H27FN4O4S2. The minimum absolute atomic E-state index is 0.0228. The number of halogens is 1. The van der Waals surface area contributed by atoms with Crippen LogP contribution in [0.15, 0.2) is 119 Å². The molecule has 0 radical (unpaired) electrons. The van der Waals surface area contributed by atoms with Crippen LogP contribution in [-0.4, -0.2) is 35.6 Å². The number of nitrogens with zero attached hydrogens (tertiary/aromatic N) is 1. The third kappa shape index (κ3) is 8.88. The first-order chi connectivity index (χ1) is 21.9. The van der Waals surface area contributed by atoms with Gasteiger partial charge in [-0.25, -0.2) is 9.37 Å². The highest BCUT2D eigenvalue weighted by atomic mass is 32.2. The Morgan fingerprint density at radius 2 is 1.67 bits per heavy atom. The van der Waals surface area contributed by atoms with Crippen molar-refractivity contribution in [3.05, 3.63) is 131 Å². The number of thioether (sulfide) groups is 1. The first-order valence-corrected chi connectivity index (χ1v) is 15.5. The zero-order chi connectivity index (χ0) is 31.6. The highest BCUT2D eigenvalue weighted by Crippen LogP contribution is 2.27. The van der Waals surface area contributed by atoms with Crippen LogP contribution in [0.2, 0.25) is 0 Å². The molecule has 0 saturated heterocycles. The van der Waals surface area contributed by atoms with Crippen molar-refractivity contribution in [1.82, 2.24) is 10.3 Å². The lowest BCUT2D eigenvalue weighted by atomic mass is 10.1. The Hall–Kier alpha value is -5.26. The molecule has 0 unspecified atom stereocenters. The van der Waals surface area contributed by atoms with Crippen LogP contribution < -0.4 is 20.7 Å². The molecule has 0 aliphatic rings. The second-order valence-corrected chi connectivity index (χ2v) is 11.4. The minimum atomic E-state index is -0.570. The van der Waals surface area contributed by atoms with E-state index in [2.05, 4.69) is 20.9 Å². The van der Waals surface area contributed by atoms with Crippen LogP contribution in [0.3, 0.4) is 0 Å². The van der Waals surface area contributed by atoms with Crippen LogP contribution in [-0.2, 0) is 9.59 Å². The molecule has 4 aromatic carbocycles. The van der Waals surface area contributed by atoms with Crippen molar-refractivity contribution in [1.29, 1.82) is 0 Å². The van der Waals surface area contributed by atoms with Crippen LogP contribution in [0.5, 0.6) is 5.75 Å². The molecule has 5 rings (SSSR count). The highest BCUT2D eigenvalue weighted by Gasteiger charge is 2.16. The summed E-state index contributed by atoms with van der Waals surface area (Å²) < 4.78 is 18.6. The van der Waals surface area contributed by atoms with E-state index in [0.717, 1.165) is 21.9 Å². The minimum Gasteiger partial charge on any atom is -0.497 e. The van der Waals surface area contributed by atoms with Crippen LogP contribution >= 0.6 is 23.1 Å². The fourth-order valence-corrected chi connectivity index (χ4v) is 5.55. The zero-order valence-electron chi connectivity index (χ0n) is 24.0. The lowest BCUT2D eigenvalue weighted by Crippen LogP contribution is -2.30. The van der Waals surface area contributed by atoms with Gasteiger partial charge in [-0.1, -0.05) is 36.4 Å². The molecule has 1 aromatic heterocycles. The van der Waals surface area contributed by atoms with E-state index in [0.29, 0.717) is 21.9 Å². The van der Waals surface area contributed by atoms with E-state index in [1.54, 1.807) is 55.6 Å². The molecule has 0 bridgehead atoms. The van der Waals surface area contributed by atoms with Crippen molar-refractivity contribution in [2.24, 2.45) is 0 Å². The van der Waals surface area contributed by atoms with Gasteiger partial charge in [-0.05, 0) is 78.4 Å². The van der Waals surface area contributed by atoms with Gasteiger partial charge in [0, 0.05) is 27.1 Å². The normalized spacial score (nSPS) is 11.0. The molecule has 3 amide bonds. The molecular weight excluding hydrogens is 612 g/mol. The number of carbonyl (C=O) groups is 3. The summed E-state index contributed by atoms with van der Waals surface area (Å²) in [5.74, 6) is -0.805. The second-order valence-electron chi connectivity index (χ2n) is 9.51. The lowest BCUT2D eigenvalue weighted by Gasteiger charge is -2.12. The van der Waals surface area contributed by atoms with Gasteiger partial charge in [0.15, 0.2) is 5.13 Å². The molecule has 3 N–H and O–H groups in total. The van der Waals surface area contributed by atoms with E-state index in [1.807, 2.05) is 35.7 Å². The fraction of sp³-hybridized carbons (Fsp3) is 0.0588. The molecule has 0 fully saturated rings. The molecule has 226 valence electrons. The number of methoxy groups -OCH3 is 1. The third-order valence-corrected chi connectivity index (χ3v) is 8.06. The van der Waals surface area contributed by atoms with Gasteiger partial charge in [0.2, 0.25) is 5.91 Å². The number of hydrogen-bond donors (Lipinski definition) is 3. The van der Waals surface area contributed by atoms with Gasteiger partial charge in [0.25, 0.3) is 11.8 Å². The molecule has 0 atom stereocenters. The summed E-state index contributed by atoms with van der Waals surface area (Å²) in [4.78, 5) is 44.1. The van der Waals surface area contributed by atoms with Crippen LogP contribution in [0.4, 0.5) is 15.2 Å². The van der Waals surface area contributed by atoms with E-state index < -0.39 is 17.6 Å². The largest absolute Gasteiger partial charge is 0.497 e.